The van der Waals surface area contributed by atoms with Crippen LogP contribution >= 0.6 is 15.9 Å². The van der Waals surface area contributed by atoms with Crippen molar-refractivity contribution in [3.8, 4) is 0 Å². The van der Waals surface area contributed by atoms with E-state index in [1.165, 1.54) is 0 Å². The maximum absolute atomic E-state index is 13.3. The number of hydrogen-bond donors (Lipinski definition) is 0. The minimum atomic E-state index is -0.233. The SMILES string of the molecule is Cc1cc(C(=O)C(C)Br)cc(C)c1F. The molecule has 0 aromatic heterocycles. The second-order valence-corrected chi connectivity index (χ2v) is 4.78. The molecule has 1 aromatic carbocycles. The fourth-order valence-corrected chi connectivity index (χ4v) is 1.58. The first kappa shape index (κ1) is 11.4. The third kappa shape index (κ3) is 2.21. The molecule has 0 bridgehead atoms. The number of carbonyl (C=O) groups excluding carboxylic acids is 1. The highest BCUT2D eigenvalue weighted by Gasteiger charge is 2.14. The highest BCUT2D eigenvalue weighted by atomic mass is 79.9. The molecule has 0 amide bonds. The highest BCUT2D eigenvalue weighted by molar-refractivity contribution is 9.10. The molecular weight excluding hydrogens is 247 g/mol. The lowest BCUT2D eigenvalue weighted by Crippen LogP contribution is -2.11. The van der Waals surface area contributed by atoms with Gasteiger partial charge in [-0.25, -0.2) is 4.39 Å². The smallest absolute Gasteiger partial charge is 0.176 e. The van der Waals surface area contributed by atoms with Crippen molar-refractivity contribution in [2.45, 2.75) is 25.6 Å². The number of hydrogen-bond acceptors (Lipinski definition) is 1. The Morgan fingerprint density at radius 3 is 2.14 bits per heavy atom. The molecule has 1 aromatic rings. The summed E-state index contributed by atoms with van der Waals surface area (Å²) in [5, 5.41) is 0. The number of rotatable bonds is 2. The molecule has 1 nitrogen and oxygen atoms in total. The minimum Gasteiger partial charge on any atom is -0.293 e. The fraction of sp³-hybridized carbons (Fsp3) is 0.364. The van der Waals surface area contributed by atoms with E-state index < -0.39 is 0 Å². The molecule has 0 heterocycles. The predicted molar refractivity (Wildman–Crippen MR) is 58.6 cm³/mol. The van der Waals surface area contributed by atoms with E-state index in [1.54, 1.807) is 32.9 Å². The second-order valence-electron chi connectivity index (χ2n) is 3.40. The average molecular weight is 259 g/mol. The molecule has 1 atom stereocenters. The zero-order chi connectivity index (χ0) is 10.9. The van der Waals surface area contributed by atoms with Gasteiger partial charge in [0, 0.05) is 5.56 Å². The summed E-state index contributed by atoms with van der Waals surface area (Å²) in [5.74, 6) is -0.250. The molecule has 0 saturated carbocycles. The number of benzene rings is 1. The molecule has 0 spiro atoms. The van der Waals surface area contributed by atoms with Crippen LogP contribution < -0.4 is 0 Å². The van der Waals surface area contributed by atoms with E-state index in [1.807, 2.05) is 0 Å². The van der Waals surface area contributed by atoms with Gasteiger partial charge in [-0.3, -0.25) is 4.79 Å². The summed E-state index contributed by atoms with van der Waals surface area (Å²) in [6, 6.07) is 3.17. The van der Waals surface area contributed by atoms with E-state index in [9.17, 15) is 9.18 Å². The summed E-state index contributed by atoms with van der Waals surface area (Å²) in [5.41, 5.74) is 1.59. The van der Waals surface area contributed by atoms with Crippen molar-refractivity contribution < 1.29 is 9.18 Å². The molecule has 0 fully saturated rings. The number of alkyl halides is 1. The van der Waals surface area contributed by atoms with E-state index >= 15 is 0 Å². The summed E-state index contributed by atoms with van der Waals surface area (Å²) in [4.78, 5) is 11.4. The van der Waals surface area contributed by atoms with Crippen molar-refractivity contribution >= 4 is 21.7 Å². The third-order valence-electron chi connectivity index (χ3n) is 2.08. The Bertz CT molecular complexity index is 349. The number of Topliss-reactive ketones (excluding diaryl/α,β-unsaturated/α-hetero) is 1. The van der Waals surface area contributed by atoms with Gasteiger partial charge >= 0.3 is 0 Å². The summed E-state index contributed by atoms with van der Waals surface area (Å²) < 4.78 is 13.3. The average Bonchev–Trinajstić information content (AvgIpc) is 2.12. The van der Waals surface area contributed by atoms with Crippen LogP contribution in [0.5, 0.6) is 0 Å². The van der Waals surface area contributed by atoms with Gasteiger partial charge in [0.05, 0.1) is 4.83 Å². The molecule has 76 valence electrons. The number of ketones is 1. The van der Waals surface area contributed by atoms with E-state index in [4.69, 9.17) is 0 Å². The zero-order valence-corrected chi connectivity index (χ0v) is 9.98. The molecule has 1 rings (SSSR count). The van der Waals surface area contributed by atoms with Gasteiger partial charge in [-0.1, -0.05) is 15.9 Å². The first-order chi connectivity index (χ1) is 6.43. The Morgan fingerprint density at radius 2 is 1.79 bits per heavy atom. The van der Waals surface area contributed by atoms with Gasteiger partial charge in [0.1, 0.15) is 5.82 Å². The van der Waals surface area contributed by atoms with Crippen molar-refractivity contribution in [1.82, 2.24) is 0 Å². The Morgan fingerprint density at radius 1 is 1.36 bits per heavy atom. The van der Waals surface area contributed by atoms with Crippen molar-refractivity contribution in [3.63, 3.8) is 0 Å². The maximum Gasteiger partial charge on any atom is 0.176 e. The van der Waals surface area contributed by atoms with Crippen LogP contribution in [-0.2, 0) is 0 Å². The van der Waals surface area contributed by atoms with Gasteiger partial charge in [-0.15, -0.1) is 0 Å². The molecule has 0 radical (unpaired) electrons. The topological polar surface area (TPSA) is 17.1 Å². The van der Waals surface area contributed by atoms with Gasteiger partial charge in [-0.2, -0.15) is 0 Å². The fourth-order valence-electron chi connectivity index (χ4n) is 1.32. The molecule has 1 unspecified atom stereocenters. The van der Waals surface area contributed by atoms with Crippen molar-refractivity contribution in [2.75, 3.05) is 0 Å². The van der Waals surface area contributed by atoms with Gasteiger partial charge in [-0.05, 0) is 44.0 Å². The number of aryl methyl sites for hydroxylation is 2. The van der Waals surface area contributed by atoms with Crippen LogP contribution in [0.3, 0.4) is 0 Å². The zero-order valence-electron chi connectivity index (χ0n) is 8.40. The lowest BCUT2D eigenvalue weighted by Gasteiger charge is -2.07. The molecule has 0 aliphatic rings. The lowest BCUT2D eigenvalue weighted by atomic mass is 10.0. The van der Waals surface area contributed by atoms with Gasteiger partial charge < -0.3 is 0 Å². The van der Waals surface area contributed by atoms with Crippen LogP contribution in [0.4, 0.5) is 4.39 Å². The lowest BCUT2D eigenvalue weighted by molar-refractivity contribution is 0.0995. The van der Waals surface area contributed by atoms with Crippen molar-refractivity contribution in [3.05, 3.63) is 34.6 Å². The first-order valence-corrected chi connectivity index (χ1v) is 5.30. The van der Waals surface area contributed by atoms with Crippen LogP contribution in [0.1, 0.15) is 28.4 Å². The summed E-state index contributed by atoms with van der Waals surface area (Å²) >= 11 is 3.20. The molecular formula is C11H12BrFO. The van der Waals surface area contributed by atoms with E-state index in [0.29, 0.717) is 16.7 Å². The monoisotopic (exact) mass is 258 g/mol. The Labute approximate surface area is 91.5 Å². The highest BCUT2D eigenvalue weighted by Crippen LogP contribution is 2.17. The van der Waals surface area contributed by atoms with Crippen LogP contribution in [-0.4, -0.2) is 10.6 Å². The molecule has 0 aliphatic carbocycles. The Kier molecular flexibility index (Phi) is 3.43. The van der Waals surface area contributed by atoms with Crippen molar-refractivity contribution in [2.24, 2.45) is 0 Å². The number of carbonyl (C=O) groups is 1. The standard InChI is InChI=1S/C11H12BrFO/c1-6-4-9(11(14)8(3)12)5-7(2)10(6)13/h4-5,8H,1-3H3. The first-order valence-electron chi connectivity index (χ1n) is 4.38. The van der Waals surface area contributed by atoms with Crippen LogP contribution in [0.25, 0.3) is 0 Å². The van der Waals surface area contributed by atoms with Gasteiger partial charge in [0.15, 0.2) is 5.78 Å². The van der Waals surface area contributed by atoms with Gasteiger partial charge in [0.2, 0.25) is 0 Å². The third-order valence-corrected chi connectivity index (χ3v) is 2.50. The second kappa shape index (κ2) is 4.22. The van der Waals surface area contributed by atoms with Gasteiger partial charge in [0.25, 0.3) is 0 Å². The van der Waals surface area contributed by atoms with Crippen LogP contribution in [0.15, 0.2) is 12.1 Å². The maximum atomic E-state index is 13.3. The molecule has 0 saturated heterocycles. The normalized spacial score (nSPS) is 12.6. The quantitative estimate of drug-likeness (QED) is 0.587. The molecule has 14 heavy (non-hydrogen) atoms. The molecule has 0 aliphatic heterocycles. The Hall–Kier alpha value is -0.700. The number of halogens is 2. The van der Waals surface area contributed by atoms with E-state index in [0.717, 1.165) is 0 Å². The summed E-state index contributed by atoms with van der Waals surface area (Å²) in [7, 11) is 0. The predicted octanol–water partition coefficient (Wildman–Crippen LogP) is 3.41. The van der Waals surface area contributed by atoms with E-state index in [-0.39, 0.29) is 16.4 Å². The molecule has 3 heteroatoms. The largest absolute Gasteiger partial charge is 0.293 e. The van der Waals surface area contributed by atoms with E-state index in [2.05, 4.69) is 15.9 Å². The van der Waals surface area contributed by atoms with Crippen molar-refractivity contribution in [1.29, 1.82) is 0 Å². The molecule has 0 N–H and O–H groups in total. The van der Waals surface area contributed by atoms with Crippen LogP contribution in [0, 0.1) is 19.7 Å². The minimum absolute atomic E-state index is 0.0174. The summed E-state index contributed by atoms with van der Waals surface area (Å²) in [6.07, 6.45) is 0. The Balaban J connectivity index is 3.19. The van der Waals surface area contributed by atoms with Crippen LogP contribution in [0.2, 0.25) is 0 Å². The summed E-state index contributed by atoms with van der Waals surface area (Å²) in [6.45, 7) is 5.09.